The van der Waals surface area contributed by atoms with Crippen molar-refractivity contribution in [1.82, 2.24) is 10.2 Å². The quantitative estimate of drug-likeness (QED) is 0.790. The zero-order chi connectivity index (χ0) is 11.5. The molecule has 3 atom stereocenters. The third kappa shape index (κ3) is 2.78. The monoisotopic (exact) mass is 224 g/mol. The van der Waals surface area contributed by atoms with Gasteiger partial charge < -0.3 is 5.32 Å². The summed E-state index contributed by atoms with van der Waals surface area (Å²) in [6.45, 7) is 9.67. The molecule has 1 N–H and O–H groups in total. The van der Waals surface area contributed by atoms with Gasteiger partial charge in [-0.3, -0.25) is 4.90 Å². The Hall–Kier alpha value is -0.0800. The van der Waals surface area contributed by atoms with Gasteiger partial charge in [-0.25, -0.2) is 0 Å². The highest BCUT2D eigenvalue weighted by Gasteiger charge is 2.32. The molecule has 0 amide bonds. The minimum Gasteiger partial charge on any atom is -0.313 e. The van der Waals surface area contributed by atoms with Crippen molar-refractivity contribution in [3.05, 3.63) is 0 Å². The van der Waals surface area contributed by atoms with Crippen LogP contribution in [0.3, 0.4) is 0 Å². The fourth-order valence-corrected chi connectivity index (χ4v) is 3.51. The van der Waals surface area contributed by atoms with Gasteiger partial charge in [0, 0.05) is 24.7 Å². The molecule has 1 heterocycles. The molecular weight excluding hydrogens is 196 g/mol. The Morgan fingerprint density at radius 2 is 2.00 bits per heavy atom. The van der Waals surface area contributed by atoms with Gasteiger partial charge in [0.1, 0.15) is 0 Å². The second kappa shape index (κ2) is 5.50. The summed E-state index contributed by atoms with van der Waals surface area (Å²) in [4.78, 5) is 2.76. The normalized spacial score (nSPS) is 35.4. The number of rotatable bonds is 4. The molecule has 1 saturated carbocycles. The van der Waals surface area contributed by atoms with E-state index in [2.05, 4.69) is 31.0 Å². The smallest absolute Gasteiger partial charge is 0.0195 e. The van der Waals surface area contributed by atoms with Gasteiger partial charge in [-0.05, 0) is 52.0 Å². The molecule has 94 valence electrons. The van der Waals surface area contributed by atoms with E-state index < -0.39 is 0 Å². The molecule has 1 aliphatic heterocycles. The lowest BCUT2D eigenvalue weighted by atomic mass is 10.0. The average Bonchev–Trinajstić information content (AvgIpc) is 2.85. The number of hydrogen-bond donors (Lipinski definition) is 1. The Morgan fingerprint density at radius 1 is 1.19 bits per heavy atom. The van der Waals surface area contributed by atoms with E-state index in [9.17, 15) is 0 Å². The van der Waals surface area contributed by atoms with Crippen molar-refractivity contribution in [2.75, 3.05) is 13.1 Å². The van der Waals surface area contributed by atoms with Crippen LogP contribution in [0, 0.1) is 5.92 Å². The Bertz CT molecular complexity index is 209. The number of nitrogens with one attached hydrogen (secondary N) is 1. The minimum absolute atomic E-state index is 0.702. The predicted molar refractivity (Wildman–Crippen MR) is 69.7 cm³/mol. The minimum atomic E-state index is 0.702. The SMILES string of the molecule is CC1CCCC1N(CC1CCCN1)C(C)C. The van der Waals surface area contributed by atoms with E-state index in [-0.39, 0.29) is 0 Å². The maximum Gasteiger partial charge on any atom is 0.0195 e. The summed E-state index contributed by atoms with van der Waals surface area (Å²) in [5.41, 5.74) is 0. The van der Waals surface area contributed by atoms with Crippen molar-refractivity contribution in [1.29, 1.82) is 0 Å². The van der Waals surface area contributed by atoms with Crippen LogP contribution in [0.1, 0.15) is 52.9 Å². The molecule has 0 aromatic heterocycles. The van der Waals surface area contributed by atoms with Crippen LogP contribution in [0.4, 0.5) is 0 Å². The van der Waals surface area contributed by atoms with Crippen molar-refractivity contribution in [2.45, 2.75) is 71.0 Å². The molecule has 0 spiro atoms. The van der Waals surface area contributed by atoms with E-state index >= 15 is 0 Å². The largest absolute Gasteiger partial charge is 0.313 e. The van der Waals surface area contributed by atoms with Crippen LogP contribution in [0.15, 0.2) is 0 Å². The Morgan fingerprint density at radius 3 is 2.50 bits per heavy atom. The fourth-order valence-electron chi connectivity index (χ4n) is 3.51. The molecule has 2 heteroatoms. The molecule has 2 fully saturated rings. The van der Waals surface area contributed by atoms with Gasteiger partial charge in [-0.15, -0.1) is 0 Å². The van der Waals surface area contributed by atoms with E-state index in [0.29, 0.717) is 6.04 Å². The Labute approximate surface area is 101 Å². The summed E-state index contributed by atoms with van der Waals surface area (Å²) >= 11 is 0. The van der Waals surface area contributed by atoms with Crippen LogP contribution in [-0.2, 0) is 0 Å². The van der Waals surface area contributed by atoms with E-state index in [1.54, 1.807) is 0 Å². The van der Waals surface area contributed by atoms with Crippen LogP contribution in [0.2, 0.25) is 0 Å². The van der Waals surface area contributed by atoms with Gasteiger partial charge in [-0.2, -0.15) is 0 Å². The van der Waals surface area contributed by atoms with Gasteiger partial charge in [0.05, 0.1) is 0 Å². The lowest BCUT2D eigenvalue weighted by Crippen LogP contribution is -2.47. The topological polar surface area (TPSA) is 15.3 Å². The van der Waals surface area contributed by atoms with Crippen LogP contribution in [0.25, 0.3) is 0 Å². The third-order valence-corrected chi connectivity index (χ3v) is 4.50. The summed E-state index contributed by atoms with van der Waals surface area (Å²) in [6.07, 6.45) is 7.05. The van der Waals surface area contributed by atoms with E-state index in [4.69, 9.17) is 0 Å². The molecule has 0 bridgehead atoms. The van der Waals surface area contributed by atoms with Crippen molar-refractivity contribution in [2.24, 2.45) is 5.92 Å². The number of nitrogens with zero attached hydrogens (tertiary/aromatic N) is 1. The second-order valence-corrected chi connectivity index (χ2v) is 6.06. The maximum atomic E-state index is 3.64. The van der Waals surface area contributed by atoms with Gasteiger partial charge in [0.15, 0.2) is 0 Å². The molecule has 0 radical (unpaired) electrons. The molecule has 0 aromatic rings. The average molecular weight is 224 g/mol. The van der Waals surface area contributed by atoms with E-state index in [1.807, 2.05) is 0 Å². The summed E-state index contributed by atoms with van der Waals surface area (Å²) in [6, 6.07) is 2.31. The van der Waals surface area contributed by atoms with Gasteiger partial charge in [0.25, 0.3) is 0 Å². The first-order valence-corrected chi connectivity index (χ1v) is 7.17. The zero-order valence-electron chi connectivity index (χ0n) is 11.2. The number of hydrogen-bond acceptors (Lipinski definition) is 2. The van der Waals surface area contributed by atoms with E-state index in [1.165, 1.54) is 45.2 Å². The highest BCUT2D eigenvalue weighted by molar-refractivity contribution is 4.88. The van der Waals surface area contributed by atoms with Gasteiger partial charge in [-0.1, -0.05) is 13.3 Å². The molecular formula is C14H28N2. The van der Waals surface area contributed by atoms with Crippen molar-refractivity contribution < 1.29 is 0 Å². The predicted octanol–water partition coefficient (Wildman–Crippen LogP) is 2.64. The van der Waals surface area contributed by atoms with Crippen LogP contribution in [-0.4, -0.2) is 36.1 Å². The molecule has 2 aliphatic rings. The fraction of sp³-hybridized carbons (Fsp3) is 1.00. The summed E-state index contributed by atoms with van der Waals surface area (Å²) in [5.74, 6) is 0.906. The summed E-state index contributed by atoms with van der Waals surface area (Å²) in [7, 11) is 0. The first-order chi connectivity index (χ1) is 7.68. The highest BCUT2D eigenvalue weighted by Crippen LogP contribution is 2.31. The molecule has 1 aliphatic carbocycles. The van der Waals surface area contributed by atoms with Gasteiger partial charge in [0.2, 0.25) is 0 Å². The van der Waals surface area contributed by atoms with Crippen molar-refractivity contribution in [3.8, 4) is 0 Å². The molecule has 3 unspecified atom stereocenters. The van der Waals surface area contributed by atoms with Crippen molar-refractivity contribution >= 4 is 0 Å². The first-order valence-electron chi connectivity index (χ1n) is 7.17. The maximum absolute atomic E-state index is 3.64. The van der Waals surface area contributed by atoms with Crippen LogP contribution in [0.5, 0.6) is 0 Å². The lowest BCUT2D eigenvalue weighted by Gasteiger charge is -2.37. The first kappa shape index (κ1) is 12.4. The molecule has 0 aromatic carbocycles. The molecule has 2 rings (SSSR count). The summed E-state index contributed by atoms with van der Waals surface area (Å²) < 4.78 is 0. The molecule has 2 nitrogen and oxygen atoms in total. The third-order valence-electron chi connectivity index (χ3n) is 4.50. The van der Waals surface area contributed by atoms with E-state index in [0.717, 1.165) is 18.0 Å². The highest BCUT2D eigenvalue weighted by atomic mass is 15.2. The van der Waals surface area contributed by atoms with Crippen molar-refractivity contribution in [3.63, 3.8) is 0 Å². The van der Waals surface area contributed by atoms with Crippen LogP contribution >= 0.6 is 0 Å². The summed E-state index contributed by atoms with van der Waals surface area (Å²) in [5, 5.41) is 3.64. The second-order valence-electron chi connectivity index (χ2n) is 6.06. The Balaban J connectivity index is 1.93. The van der Waals surface area contributed by atoms with Gasteiger partial charge >= 0.3 is 0 Å². The molecule has 16 heavy (non-hydrogen) atoms. The molecule has 1 saturated heterocycles. The Kier molecular flexibility index (Phi) is 4.26. The lowest BCUT2D eigenvalue weighted by molar-refractivity contribution is 0.116. The zero-order valence-corrected chi connectivity index (χ0v) is 11.2. The van der Waals surface area contributed by atoms with Crippen LogP contribution < -0.4 is 5.32 Å². The standard InChI is InChI=1S/C14H28N2/c1-11(2)16(10-13-7-5-9-15-13)14-8-4-6-12(14)3/h11-15H,4-10H2,1-3H3.